The van der Waals surface area contributed by atoms with Crippen molar-refractivity contribution in [3.63, 3.8) is 0 Å². The van der Waals surface area contributed by atoms with Gasteiger partial charge < -0.3 is 15.7 Å². The van der Waals surface area contributed by atoms with E-state index in [1.54, 1.807) is 0 Å². The summed E-state index contributed by atoms with van der Waals surface area (Å²) in [5, 5.41) is 15.1. The summed E-state index contributed by atoms with van der Waals surface area (Å²) in [4.78, 5) is 23.0. The van der Waals surface area contributed by atoms with Gasteiger partial charge in [-0.05, 0) is 31.2 Å². The summed E-state index contributed by atoms with van der Waals surface area (Å²) >= 11 is 0. The maximum absolute atomic E-state index is 12.1. The van der Waals surface area contributed by atoms with Crippen LogP contribution in [0.3, 0.4) is 0 Å². The van der Waals surface area contributed by atoms with Crippen molar-refractivity contribution in [2.75, 3.05) is 13.1 Å². The molecule has 0 aromatic carbocycles. The van der Waals surface area contributed by atoms with Crippen molar-refractivity contribution in [3.8, 4) is 0 Å². The summed E-state index contributed by atoms with van der Waals surface area (Å²) in [6.45, 7) is 7.81. The molecule has 0 spiro atoms. The van der Waals surface area contributed by atoms with Crippen LogP contribution in [-0.4, -0.2) is 36.1 Å². The van der Waals surface area contributed by atoms with E-state index < -0.39 is 5.97 Å². The van der Waals surface area contributed by atoms with Crippen molar-refractivity contribution in [1.29, 1.82) is 0 Å². The van der Waals surface area contributed by atoms with Crippen LogP contribution in [0.15, 0.2) is 0 Å². The predicted molar refractivity (Wildman–Crippen MR) is 73.8 cm³/mol. The minimum absolute atomic E-state index is 0.00177. The number of hydrogen-bond donors (Lipinski definition) is 3. The predicted octanol–water partition coefficient (Wildman–Crippen LogP) is 1.38. The lowest BCUT2D eigenvalue weighted by Gasteiger charge is -2.28. The fourth-order valence-electron chi connectivity index (χ4n) is 2.52. The van der Waals surface area contributed by atoms with Crippen LogP contribution in [0, 0.1) is 11.3 Å². The molecule has 0 radical (unpaired) electrons. The third-order valence-corrected chi connectivity index (χ3v) is 3.29. The third kappa shape index (κ3) is 6.57. The molecule has 5 heteroatoms. The standard InChI is InChI=1S/C14H26N2O3/c1-14(2,3)8-11(7-12(17)18)16-13(19)10-5-4-6-15-9-10/h10-11,15H,4-9H2,1-3H3,(H,16,19)(H,17,18)/t10-,11?/m1/s1. The molecule has 1 saturated heterocycles. The molecular weight excluding hydrogens is 244 g/mol. The number of aliphatic carboxylic acids is 1. The maximum atomic E-state index is 12.1. The molecule has 1 aliphatic rings. The first kappa shape index (κ1) is 16.0. The molecule has 1 fully saturated rings. The minimum Gasteiger partial charge on any atom is -0.481 e. The molecule has 1 heterocycles. The van der Waals surface area contributed by atoms with Crippen LogP contribution in [0.25, 0.3) is 0 Å². The third-order valence-electron chi connectivity index (χ3n) is 3.29. The van der Waals surface area contributed by atoms with Crippen LogP contribution in [-0.2, 0) is 9.59 Å². The summed E-state index contributed by atoms with van der Waals surface area (Å²) in [5.74, 6) is -0.899. The van der Waals surface area contributed by atoms with Crippen molar-refractivity contribution < 1.29 is 14.7 Å². The van der Waals surface area contributed by atoms with E-state index in [1.807, 2.05) is 0 Å². The molecule has 1 amide bonds. The topological polar surface area (TPSA) is 78.4 Å². The first-order valence-electron chi connectivity index (χ1n) is 7.01. The van der Waals surface area contributed by atoms with E-state index in [4.69, 9.17) is 5.11 Å². The largest absolute Gasteiger partial charge is 0.481 e. The summed E-state index contributed by atoms with van der Waals surface area (Å²) < 4.78 is 0. The SMILES string of the molecule is CC(C)(C)CC(CC(=O)O)NC(=O)[C@@H]1CCCNC1. The number of rotatable bonds is 5. The Bertz CT molecular complexity index is 317. The van der Waals surface area contributed by atoms with Crippen LogP contribution >= 0.6 is 0 Å². The van der Waals surface area contributed by atoms with Crippen molar-refractivity contribution in [2.45, 2.75) is 52.5 Å². The number of carbonyl (C=O) groups is 2. The lowest BCUT2D eigenvalue weighted by atomic mass is 9.86. The molecule has 5 nitrogen and oxygen atoms in total. The van der Waals surface area contributed by atoms with Gasteiger partial charge in [0.15, 0.2) is 0 Å². The zero-order valence-corrected chi connectivity index (χ0v) is 12.2. The van der Waals surface area contributed by atoms with Crippen molar-refractivity contribution in [1.82, 2.24) is 10.6 Å². The molecule has 3 N–H and O–H groups in total. The number of nitrogens with one attached hydrogen (secondary N) is 2. The van der Waals surface area contributed by atoms with Gasteiger partial charge in [0.25, 0.3) is 0 Å². The second-order valence-electron chi connectivity index (χ2n) is 6.61. The molecule has 0 aromatic rings. The highest BCUT2D eigenvalue weighted by Crippen LogP contribution is 2.22. The highest BCUT2D eigenvalue weighted by atomic mass is 16.4. The van der Waals surface area contributed by atoms with Gasteiger partial charge in [-0.3, -0.25) is 9.59 Å². The molecule has 1 unspecified atom stereocenters. The van der Waals surface area contributed by atoms with Gasteiger partial charge in [0, 0.05) is 12.6 Å². The summed E-state index contributed by atoms with van der Waals surface area (Å²) in [6, 6.07) is -0.285. The van der Waals surface area contributed by atoms with E-state index in [1.165, 1.54) is 0 Å². The van der Waals surface area contributed by atoms with Crippen LogP contribution in [0.2, 0.25) is 0 Å². The van der Waals surface area contributed by atoms with Gasteiger partial charge in [0.05, 0.1) is 12.3 Å². The molecule has 0 aliphatic carbocycles. The van der Waals surface area contributed by atoms with Crippen molar-refractivity contribution in [3.05, 3.63) is 0 Å². The zero-order valence-electron chi connectivity index (χ0n) is 12.2. The van der Waals surface area contributed by atoms with Crippen LogP contribution in [0.4, 0.5) is 0 Å². The molecule has 1 aliphatic heterocycles. The van der Waals surface area contributed by atoms with Gasteiger partial charge in [-0.25, -0.2) is 0 Å². The molecule has 2 atom stereocenters. The van der Waals surface area contributed by atoms with Crippen molar-refractivity contribution >= 4 is 11.9 Å². The van der Waals surface area contributed by atoms with E-state index in [0.717, 1.165) is 19.4 Å². The monoisotopic (exact) mass is 270 g/mol. The highest BCUT2D eigenvalue weighted by molar-refractivity contribution is 5.80. The van der Waals surface area contributed by atoms with E-state index >= 15 is 0 Å². The van der Waals surface area contributed by atoms with E-state index in [2.05, 4.69) is 31.4 Å². The Morgan fingerprint density at radius 3 is 2.58 bits per heavy atom. The average Bonchev–Trinajstić information content (AvgIpc) is 2.26. The van der Waals surface area contributed by atoms with E-state index in [-0.39, 0.29) is 29.7 Å². The van der Waals surface area contributed by atoms with E-state index in [0.29, 0.717) is 13.0 Å². The number of carboxylic acids is 1. The number of amides is 1. The van der Waals surface area contributed by atoms with Gasteiger partial charge in [-0.2, -0.15) is 0 Å². The summed E-state index contributed by atoms with van der Waals surface area (Å²) in [6.07, 6.45) is 2.55. The van der Waals surface area contributed by atoms with Crippen molar-refractivity contribution in [2.24, 2.45) is 11.3 Å². The van der Waals surface area contributed by atoms with Gasteiger partial charge >= 0.3 is 5.97 Å². The Morgan fingerprint density at radius 1 is 1.42 bits per heavy atom. The van der Waals surface area contributed by atoms with Crippen LogP contribution in [0.5, 0.6) is 0 Å². The van der Waals surface area contributed by atoms with Gasteiger partial charge in [-0.1, -0.05) is 20.8 Å². The summed E-state index contributed by atoms with van der Waals surface area (Å²) in [7, 11) is 0. The normalized spacial score (nSPS) is 21.7. The number of carbonyl (C=O) groups excluding carboxylic acids is 1. The zero-order chi connectivity index (χ0) is 14.5. The molecule has 0 bridgehead atoms. The number of hydrogen-bond acceptors (Lipinski definition) is 3. The van der Waals surface area contributed by atoms with Gasteiger partial charge in [0.2, 0.25) is 5.91 Å². The quantitative estimate of drug-likeness (QED) is 0.705. The summed E-state index contributed by atoms with van der Waals surface area (Å²) in [5.41, 5.74) is -0.00177. The number of piperidine rings is 1. The molecule has 0 saturated carbocycles. The average molecular weight is 270 g/mol. The Morgan fingerprint density at radius 2 is 2.11 bits per heavy atom. The second kappa shape index (κ2) is 6.89. The first-order valence-corrected chi connectivity index (χ1v) is 7.01. The maximum Gasteiger partial charge on any atom is 0.305 e. The first-order chi connectivity index (χ1) is 8.78. The van der Waals surface area contributed by atoms with Gasteiger partial charge in [0.1, 0.15) is 0 Å². The van der Waals surface area contributed by atoms with E-state index in [9.17, 15) is 9.59 Å². The molecule has 0 aromatic heterocycles. The molecule has 1 rings (SSSR count). The van der Waals surface area contributed by atoms with Crippen LogP contribution in [0.1, 0.15) is 46.5 Å². The highest BCUT2D eigenvalue weighted by Gasteiger charge is 2.26. The lowest BCUT2D eigenvalue weighted by Crippen LogP contribution is -2.46. The Balaban J connectivity index is 2.54. The fourth-order valence-corrected chi connectivity index (χ4v) is 2.52. The second-order valence-corrected chi connectivity index (χ2v) is 6.61. The Hall–Kier alpha value is -1.10. The molecular formula is C14H26N2O3. The fraction of sp³-hybridized carbons (Fsp3) is 0.857. The van der Waals surface area contributed by atoms with Crippen LogP contribution < -0.4 is 10.6 Å². The molecule has 110 valence electrons. The van der Waals surface area contributed by atoms with Gasteiger partial charge in [-0.15, -0.1) is 0 Å². The smallest absolute Gasteiger partial charge is 0.305 e. The lowest BCUT2D eigenvalue weighted by molar-refractivity contribution is -0.138. The Kier molecular flexibility index (Phi) is 5.79. The minimum atomic E-state index is -0.865. The molecule has 19 heavy (non-hydrogen) atoms. The Labute approximate surface area is 115 Å². The number of carboxylic acid groups (broad SMARTS) is 1.